The van der Waals surface area contributed by atoms with Crippen LogP contribution in [0.25, 0.3) is 0 Å². The lowest BCUT2D eigenvalue weighted by Crippen LogP contribution is -2.36. The summed E-state index contributed by atoms with van der Waals surface area (Å²) in [5.74, 6) is -0.513. The molecule has 0 heterocycles. The van der Waals surface area contributed by atoms with Gasteiger partial charge in [-0.05, 0) is 38.0 Å². The topological polar surface area (TPSA) is 46.6 Å². The molecule has 0 aromatic heterocycles. The second-order valence-corrected chi connectivity index (χ2v) is 4.17. The number of hydrogen-bond donors (Lipinski definition) is 0. The molecule has 0 aliphatic rings. The maximum atomic E-state index is 12.2. The van der Waals surface area contributed by atoms with Crippen molar-refractivity contribution in [2.75, 3.05) is 19.7 Å². The van der Waals surface area contributed by atoms with Crippen molar-refractivity contribution in [3.05, 3.63) is 35.4 Å². The third-order valence-corrected chi connectivity index (χ3v) is 2.90. The number of likely N-dealkylation sites (N-methyl/N-ethyl adjacent to an activating group) is 1. The number of aryl methyl sites for hydroxylation is 1. The highest BCUT2D eigenvalue weighted by Crippen LogP contribution is 2.08. The van der Waals surface area contributed by atoms with Crippen LogP contribution in [0.4, 0.5) is 0 Å². The van der Waals surface area contributed by atoms with E-state index in [0.29, 0.717) is 18.7 Å². The molecule has 1 rings (SSSR count). The van der Waals surface area contributed by atoms with E-state index in [1.807, 2.05) is 19.1 Å². The molecule has 1 aromatic carbocycles. The van der Waals surface area contributed by atoms with Crippen LogP contribution in [0.15, 0.2) is 24.3 Å². The maximum absolute atomic E-state index is 12.2. The number of rotatable bonds is 6. The first-order valence-electron chi connectivity index (χ1n) is 6.66. The first kappa shape index (κ1) is 15.2. The zero-order valence-corrected chi connectivity index (χ0v) is 11.8. The predicted molar refractivity (Wildman–Crippen MR) is 74.0 cm³/mol. The highest BCUT2D eigenvalue weighted by Gasteiger charge is 2.17. The second kappa shape index (κ2) is 7.56. The van der Waals surface area contributed by atoms with Gasteiger partial charge in [0, 0.05) is 12.1 Å². The molecule has 0 spiro atoms. The fraction of sp³-hybridized carbons (Fsp3) is 0.467. The van der Waals surface area contributed by atoms with Crippen LogP contribution in [0.1, 0.15) is 36.7 Å². The maximum Gasteiger partial charge on any atom is 0.325 e. The number of ether oxygens (including phenoxy) is 1. The van der Waals surface area contributed by atoms with Crippen LogP contribution in [-0.2, 0) is 16.0 Å². The zero-order chi connectivity index (χ0) is 14.3. The third-order valence-electron chi connectivity index (χ3n) is 2.90. The van der Waals surface area contributed by atoms with Gasteiger partial charge >= 0.3 is 5.97 Å². The minimum Gasteiger partial charge on any atom is -0.465 e. The molecule has 0 bridgehead atoms. The predicted octanol–water partition coefficient (Wildman–Crippen LogP) is 2.27. The zero-order valence-electron chi connectivity index (χ0n) is 11.8. The third kappa shape index (κ3) is 4.39. The Bertz CT molecular complexity index is 426. The Morgan fingerprint density at radius 2 is 1.74 bits per heavy atom. The van der Waals surface area contributed by atoms with Crippen molar-refractivity contribution in [1.82, 2.24) is 4.90 Å². The van der Waals surface area contributed by atoms with Crippen molar-refractivity contribution in [1.29, 1.82) is 0 Å². The van der Waals surface area contributed by atoms with Gasteiger partial charge in [-0.1, -0.05) is 19.1 Å². The van der Waals surface area contributed by atoms with Crippen LogP contribution >= 0.6 is 0 Å². The van der Waals surface area contributed by atoms with E-state index in [4.69, 9.17) is 4.74 Å². The summed E-state index contributed by atoms with van der Waals surface area (Å²) in [6.07, 6.45) is 0.939. The minimum absolute atomic E-state index is 0.00129. The van der Waals surface area contributed by atoms with Crippen molar-refractivity contribution in [2.24, 2.45) is 0 Å². The van der Waals surface area contributed by atoms with Crippen molar-refractivity contribution >= 4 is 11.9 Å². The summed E-state index contributed by atoms with van der Waals surface area (Å²) in [4.78, 5) is 25.2. The second-order valence-electron chi connectivity index (χ2n) is 4.17. The summed E-state index contributed by atoms with van der Waals surface area (Å²) in [7, 11) is 0. The molecule has 0 radical (unpaired) electrons. The van der Waals surface area contributed by atoms with E-state index < -0.39 is 0 Å². The van der Waals surface area contributed by atoms with E-state index in [-0.39, 0.29) is 18.4 Å². The SMILES string of the molecule is CCOC(=O)CN(CC)C(=O)c1ccc(CC)cc1. The van der Waals surface area contributed by atoms with Gasteiger partial charge < -0.3 is 9.64 Å². The molecule has 1 amide bonds. The summed E-state index contributed by atoms with van der Waals surface area (Å²) in [6.45, 7) is 6.47. The Hall–Kier alpha value is -1.84. The largest absolute Gasteiger partial charge is 0.465 e. The number of nitrogens with zero attached hydrogens (tertiary/aromatic N) is 1. The highest BCUT2D eigenvalue weighted by molar-refractivity contribution is 5.96. The number of esters is 1. The first-order chi connectivity index (χ1) is 9.12. The molecule has 19 heavy (non-hydrogen) atoms. The minimum atomic E-state index is -0.372. The normalized spacial score (nSPS) is 10.1. The molecule has 1 aromatic rings. The van der Waals surface area contributed by atoms with Gasteiger partial charge in [0.05, 0.1) is 6.61 Å². The average molecular weight is 263 g/mol. The quantitative estimate of drug-likeness (QED) is 0.740. The highest BCUT2D eigenvalue weighted by atomic mass is 16.5. The number of benzene rings is 1. The smallest absolute Gasteiger partial charge is 0.325 e. The van der Waals surface area contributed by atoms with E-state index in [2.05, 4.69) is 6.92 Å². The van der Waals surface area contributed by atoms with Crippen molar-refractivity contribution in [3.63, 3.8) is 0 Å². The molecule has 0 aliphatic carbocycles. The van der Waals surface area contributed by atoms with Gasteiger partial charge in [-0.2, -0.15) is 0 Å². The van der Waals surface area contributed by atoms with Crippen LogP contribution < -0.4 is 0 Å². The molecule has 0 aliphatic heterocycles. The monoisotopic (exact) mass is 263 g/mol. The first-order valence-corrected chi connectivity index (χ1v) is 6.66. The van der Waals surface area contributed by atoms with Gasteiger partial charge in [-0.25, -0.2) is 0 Å². The van der Waals surface area contributed by atoms with Gasteiger partial charge in [0.15, 0.2) is 0 Å². The molecule has 4 heteroatoms. The van der Waals surface area contributed by atoms with E-state index in [1.54, 1.807) is 19.1 Å². The number of amides is 1. The number of carbonyl (C=O) groups excluding carboxylic acids is 2. The van der Waals surface area contributed by atoms with E-state index in [9.17, 15) is 9.59 Å². The Balaban J connectivity index is 2.74. The summed E-state index contributed by atoms with van der Waals surface area (Å²) >= 11 is 0. The molecule has 0 saturated carbocycles. The van der Waals surface area contributed by atoms with Gasteiger partial charge in [-0.15, -0.1) is 0 Å². The summed E-state index contributed by atoms with van der Waals surface area (Å²) in [5, 5.41) is 0. The molecule has 0 unspecified atom stereocenters. The van der Waals surface area contributed by atoms with Crippen molar-refractivity contribution in [2.45, 2.75) is 27.2 Å². The molecule has 0 N–H and O–H groups in total. The number of carbonyl (C=O) groups is 2. The Morgan fingerprint density at radius 3 is 2.21 bits per heavy atom. The summed E-state index contributed by atoms with van der Waals surface area (Å²) < 4.78 is 4.86. The lowest BCUT2D eigenvalue weighted by atomic mass is 10.1. The van der Waals surface area contributed by atoms with Gasteiger partial charge in [0.2, 0.25) is 0 Å². The van der Waals surface area contributed by atoms with Crippen LogP contribution in [-0.4, -0.2) is 36.5 Å². The molecule has 0 fully saturated rings. The lowest BCUT2D eigenvalue weighted by Gasteiger charge is -2.19. The van der Waals surface area contributed by atoms with Crippen molar-refractivity contribution in [3.8, 4) is 0 Å². The summed E-state index contributed by atoms with van der Waals surface area (Å²) in [6, 6.07) is 7.47. The fourth-order valence-electron chi connectivity index (χ4n) is 1.76. The van der Waals surface area contributed by atoms with Crippen LogP contribution in [0.3, 0.4) is 0 Å². The van der Waals surface area contributed by atoms with E-state index in [1.165, 1.54) is 10.5 Å². The van der Waals surface area contributed by atoms with Crippen LogP contribution in [0.5, 0.6) is 0 Å². The molecule has 4 nitrogen and oxygen atoms in total. The van der Waals surface area contributed by atoms with Gasteiger partial charge in [0.25, 0.3) is 5.91 Å². The fourth-order valence-corrected chi connectivity index (χ4v) is 1.76. The van der Waals surface area contributed by atoms with Crippen LogP contribution in [0.2, 0.25) is 0 Å². The van der Waals surface area contributed by atoms with Gasteiger partial charge in [0.1, 0.15) is 6.54 Å². The van der Waals surface area contributed by atoms with Crippen LogP contribution in [0, 0.1) is 0 Å². The van der Waals surface area contributed by atoms with E-state index >= 15 is 0 Å². The average Bonchev–Trinajstić information content (AvgIpc) is 2.44. The Labute approximate surface area is 114 Å². The Morgan fingerprint density at radius 1 is 1.11 bits per heavy atom. The molecule has 0 saturated heterocycles. The van der Waals surface area contributed by atoms with E-state index in [0.717, 1.165) is 6.42 Å². The number of hydrogen-bond acceptors (Lipinski definition) is 3. The summed E-state index contributed by atoms with van der Waals surface area (Å²) in [5.41, 5.74) is 1.79. The molecular weight excluding hydrogens is 242 g/mol. The molecular formula is C15H21NO3. The van der Waals surface area contributed by atoms with Gasteiger partial charge in [-0.3, -0.25) is 9.59 Å². The lowest BCUT2D eigenvalue weighted by molar-refractivity contribution is -0.143. The van der Waals surface area contributed by atoms with Crippen molar-refractivity contribution < 1.29 is 14.3 Å². The Kier molecular flexibility index (Phi) is 6.06. The molecule has 0 atom stereocenters. The standard InChI is InChI=1S/C15H21NO3/c1-4-12-7-9-13(10-8-12)15(18)16(5-2)11-14(17)19-6-3/h7-10H,4-6,11H2,1-3H3. The molecule has 104 valence electrons.